The van der Waals surface area contributed by atoms with Crippen LogP contribution in [0.4, 0.5) is 0 Å². The van der Waals surface area contributed by atoms with E-state index in [2.05, 4.69) is 29.4 Å². The molecule has 3 N–H and O–H groups in total. The molecular weight excluding hydrogens is 286 g/mol. The number of rotatable bonds is 6. The Bertz CT molecular complexity index is 608. The van der Waals surface area contributed by atoms with Gasteiger partial charge >= 0.3 is 0 Å². The Kier molecular flexibility index (Phi) is 5.33. The summed E-state index contributed by atoms with van der Waals surface area (Å²) in [5.41, 5.74) is 7.09. The predicted octanol–water partition coefficient (Wildman–Crippen LogP) is 2.57. The van der Waals surface area contributed by atoms with Crippen molar-refractivity contribution in [3.05, 3.63) is 46.0 Å². The molecule has 0 bridgehead atoms. The average Bonchev–Trinajstić information content (AvgIpc) is 2.81. The molecule has 1 atom stereocenters. The van der Waals surface area contributed by atoms with E-state index in [9.17, 15) is 0 Å². The smallest absolute Gasteiger partial charge is 0.0850 e. The monoisotopic (exact) mass is 307 g/mol. The first-order chi connectivity index (χ1) is 10.1. The van der Waals surface area contributed by atoms with Gasteiger partial charge in [0.15, 0.2) is 0 Å². The van der Waals surface area contributed by atoms with Gasteiger partial charge in [-0.05, 0) is 37.5 Å². The molecule has 0 amide bonds. The van der Waals surface area contributed by atoms with Crippen molar-refractivity contribution in [2.24, 2.45) is 5.84 Å². The quantitative estimate of drug-likeness (QED) is 0.636. The molecule has 21 heavy (non-hydrogen) atoms. The molecule has 0 aliphatic heterocycles. The Morgan fingerprint density at radius 3 is 2.76 bits per heavy atom. The maximum absolute atomic E-state index is 6.47. The largest absolute Gasteiger partial charge is 0.271 e. The van der Waals surface area contributed by atoms with Crippen LogP contribution in [0.15, 0.2) is 18.5 Å². The Labute approximate surface area is 130 Å². The van der Waals surface area contributed by atoms with Gasteiger partial charge in [-0.15, -0.1) is 0 Å². The van der Waals surface area contributed by atoms with E-state index in [0.717, 1.165) is 40.5 Å². The molecule has 0 aliphatic carbocycles. The molecule has 0 saturated carbocycles. The summed E-state index contributed by atoms with van der Waals surface area (Å²) in [6, 6.07) is 1.97. The average molecular weight is 308 g/mol. The summed E-state index contributed by atoms with van der Waals surface area (Å²) in [6.45, 7) is 6.95. The fraction of sp³-hybridized carbons (Fsp3) is 0.467. The Morgan fingerprint density at radius 1 is 1.43 bits per heavy atom. The van der Waals surface area contributed by atoms with E-state index in [4.69, 9.17) is 17.4 Å². The maximum Gasteiger partial charge on any atom is 0.0850 e. The Hall–Kier alpha value is -1.43. The molecule has 1 unspecified atom stereocenters. The number of nitrogens with one attached hydrogen (secondary N) is 1. The van der Waals surface area contributed by atoms with Crippen LogP contribution >= 0.6 is 11.6 Å². The number of hydrazine groups is 1. The van der Waals surface area contributed by atoms with Gasteiger partial charge in [-0.25, -0.2) is 0 Å². The van der Waals surface area contributed by atoms with Gasteiger partial charge in [0.05, 0.1) is 22.5 Å². The predicted molar refractivity (Wildman–Crippen MR) is 85.0 cm³/mol. The molecule has 6 heteroatoms. The fourth-order valence-corrected chi connectivity index (χ4v) is 2.89. The lowest BCUT2D eigenvalue weighted by atomic mass is 9.99. The molecule has 0 aromatic carbocycles. The number of hydrogen-bond acceptors (Lipinski definition) is 4. The van der Waals surface area contributed by atoms with Crippen LogP contribution in [0.2, 0.25) is 5.02 Å². The van der Waals surface area contributed by atoms with E-state index in [0.29, 0.717) is 6.42 Å². The second-order valence-electron chi connectivity index (χ2n) is 5.03. The molecule has 0 aliphatic rings. The van der Waals surface area contributed by atoms with Crippen LogP contribution in [-0.2, 0) is 19.4 Å². The number of nitrogens with zero attached hydrogens (tertiary/aromatic N) is 3. The van der Waals surface area contributed by atoms with E-state index < -0.39 is 0 Å². The zero-order chi connectivity index (χ0) is 15.4. The number of pyridine rings is 1. The van der Waals surface area contributed by atoms with E-state index >= 15 is 0 Å². The van der Waals surface area contributed by atoms with E-state index in [-0.39, 0.29) is 6.04 Å². The molecule has 114 valence electrons. The van der Waals surface area contributed by atoms with Crippen LogP contribution in [-0.4, -0.2) is 14.8 Å². The first-order valence-electron chi connectivity index (χ1n) is 7.23. The lowest BCUT2D eigenvalue weighted by molar-refractivity contribution is 0.514. The van der Waals surface area contributed by atoms with Crippen molar-refractivity contribution < 1.29 is 0 Å². The lowest BCUT2D eigenvalue weighted by Crippen LogP contribution is -2.31. The minimum absolute atomic E-state index is 0.0165. The van der Waals surface area contributed by atoms with E-state index in [1.54, 1.807) is 6.20 Å². The van der Waals surface area contributed by atoms with Crippen molar-refractivity contribution in [2.75, 3.05) is 0 Å². The summed E-state index contributed by atoms with van der Waals surface area (Å²) < 4.78 is 1.96. The van der Waals surface area contributed by atoms with Gasteiger partial charge in [0, 0.05) is 25.4 Å². The maximum atomic E-state index is 6.47. The summed E-state index contributed by atoms with van der Waals surface area (Å²) in [4.78, 5) is 4.13. The van der Waals surface area contributed by atoms with Gasteiger partial charge < -0.3 is 0 Å². The molecule has 0 radical (unpaired) electrons. The summed E-state index contributed by atoms with van der Waals surface area (Å²) in [6.07, 6.45) is 5.15. The molecular formula is C15H22ClN5. The minimum Gasteiger partial charge on any atom is -0.271 e. The molecule has 0 spiro atoms. The number of nitrogens with two attached hydrogens (primary N) is 1. The number of aromatic nitrogens is 3. The summed E-state index contributed by atoms with van der Waals surface area (Å²) in [5.74, 6) is 5.76. The molecule has 2 aromatic heterocycles. The van der Waals surface area contributed by atoms with E-state index in [1.165, 1.54) is 0 Å². The molecule has 0 saturated heterocycles. The number of hydrogen-bond donors (Lipinski definition) is 2. The zero-order valence-electron chi connectivity index (χ0n) is 12.7. The molecule has 5 nitrogen and oxygen atoms in total. The third kappa shape index (κ3) is 3.26. The van der Waals surface area contributed by atoms with Crippen molar-refractivity contribution in [3.8, 4) is 0 Å². The normalized spacial score (nSPS) is 12.6. The van der Waals surface area contributed by atoms with Gasteiger partial charge in [-0.2, -0.15) is 5.10 Å². The molecule has 2 aromatic rings. The SMILES string of the molecule is CCc1nn(CC)c(CC(NN)c2ccncc2C)c1Cl. The second kappa shape index (κ2) is 7.02. The van der Waals surface area contributed by atoms with Crippen molar-refractivity contribution in [1.29, 1.82) is 0 Å². The van der Waals surface area contributed by atoms with Gasteiger partial charge in [0.1, 0.15) is 0 Å². The van der Waals surface area contributed by atoms with Crippen molar-refractivity contribution in [2.45, 2.75) is 46.2 Å². The standard InChI is InChI=1S/C15H22ClN5/c1-4-12-15(16)14(21(5-2)20-12)8-13(19-17)11-6-7-18-9-10(11)3/h6-7,9,13,19H,4-5,8,17H2,1-3H3. The van der Waals surface area contributed by atoms with Crippen molar-refractivity contribution in [3.63, 3.8) is 0 Å². The van der Waals surface area contributed by atoms with Crippen LogP contribution < -0.4 is 11.3 Å². The second-order valence-corrected chi connectivity index (χ2v) is 5.41. The highest BCUT2D eigenvalue weighted by Gasteiger charge is 2.20. The van der Waals surface area contributed by atoms with Gasteiger partial charge in [-0.3, -0.25) is 20.9 Å². The first kappa shape index (κ1) is 15.9. The molecule has 2 heterocycles. The summed E-state index contributed by atoms with van der Waals surface area (Å²) >= 11 is 6.47. The zero-order valence-corrected chi connectivity index (χ0v) is 13.5. The van der Waals surface area contributed by atoms with Crippen LogP contribution in [0.25, 0.3) is 0 Å². The number of halogens is 1. The number of aryl methyl sites for hydroxylation is 3. The fourth-order valence-electron chi connectivity index (χ4n) is 2.54. The van der Waals surface area contributed by atoms with Crippen LogP contribution in [0, 0.1) is 6.92 Å². The van der Waals surface area contributed by atoms with E-state index in [1.807, 2.05) is 23.9 Å². The summed E-state index contributed by atoms with van der Waals surface area (Å²) in [5, 5.41) is 5.31. The van der Waals surface area contributed by atoms with Crippen molar-refractivity contribution in [1.82, 2.24) is 20.2 Å². The van der Waals surface area contributed by atoms with Gasteiger partial charge in [0.2, 0.25) is 0 Å². The van der Waals surface area contributed by atoms with Crippen LogP contribution in [0.5, 0.6) is 0 Å². The van der Waals surface area contributed by atoms with Crippen molar-refractivity contribution >= 4 is 11.6 Å². The summed E-state index contributed by atoms with van der Waals surface area (Å²) in [7, 11) is 0. The lowest BCUT2D eigenvalue weighted by Gasteiger charge is -2.19. The molecule has 2 rings (SSSR count). The highest BCUT2D eigenvalue weighted by Crippen LogP contribution is 2.27. The first-order valence-corrected chi connectivity index (χ1v) is 7.60. The van der Waals surface area contributed by atoms with Crippen LogP contribution in [0.1, 0.15) is 42.4 Å². The van der Waals surface area contributed by atoms with Crippen LogP contribution in [0.3, 0.4) is 0 Å². The van der Waals surface area contributed by atoms with Gasteiger partial charge in [-0.1, -0.05) is 18.5 Å². The molecule has 0 fully saturated rings. The third-order valence-electron chi connectivity index (χ3n) is 3.73. The highest BCUT2D eigenvalue weighted by atomic mass is 35.5. The Morgan fingerprint density at radius 2 is 2.19 bits per heavy atom. The van der Waals surface area contributed by atoms with Gasteiger partial charge in [0.25, 0.3) is 0 Å². The Balaban J connectivity index is 2.35. The third-order valence-corrected chi connectivity index (χ3v) is 4.17. The highest BCUT2D eigenvalue weighted by molar-refractivity contribution is 6.31. The topological polar surface area (TPSA) is 68.8 Å². The minimum atomic E-state index is -0.0165.